The van der Waals surface area contributed by atoms with Crippen molar-refractivity contribution >= 4 is 23.4 Å². The lowest BCUT2D eigenvalue weighted by Crippen LogP contribution is -2.28. The Morgan fingerprint density at radius 1 is 1.21 bits per heavy atom. The second-order valence-electron chi connectivity index (χ2n) is 4.31. The third kappa shape index (κ3) is 3.88. The highest BCUT2D eigenvalue weighted by molar-refractivity contribution is 7.99. The van der Waals surface area contributed by atoms with E-state index in [0.717, 1.165) is 27.6 Å². The molecule has 19 heavy (non-hydrogen) atoms. The molecule has 0 spiro atoms. The fourth-order valence-electron chi connectivity index (χ4n) is 1.88. The van der Waals surface area contributed by atoms with E-state index in [1.165, 1.54) is 11.8 Å². The van der Waals surface area contributed by atoms with Gasteiger partial charge in [-0.2, -0.15) is 4.73 Å². The van der Waals surface area contributed by atoms with Crippen LogP contribution in [0.1, 0.15) is 30.6 Å². The van der Waals surface area contributed by atoms with E-state index < -0.39 is 0 Å². The number of nitrogens with zero attached hydrogens (tertiary/aromatic N) is 1. The molecule has 1 aromatic heterocycles. The first-order valence-electron chi connectivity index (χ1n) is 6.31. The Hall–Kier alpha value is -1.19. The topological polar surface area (TPSA) is 26.9 Å². The van der Waals surface area contributed by atoms with E-state index in [2.05, 4.69) is 6.92 Å². The van der Waals surface area contributed by atoms with Gasteiger partial charge in [-0.25, -0.2) is 0 Å². The molecule has 0 bridgehead atoms. The molecule has 1 heterocycles. The van der Waals surface area contributed by atoms with Crippen LogP contribution >= 0.6 is 23.4 Å². The van der Waals surface area contributed by atoms with Gasteiger partial charge in [0.2, 0.25) is 0 Å². The predicted octanol–water partition coefficient (Wildman–Crippen LogP) is 4.61. The molecule has 100 valence electrons. The minimum Gasteiger partial charge on any atom is -0.618 e. The molecule has 4 heteroatoms. The minimum atomic E-state index is 0.282. The van der Waals surface area contributed by atoms with Crippen LogP contribution in [0.4, 0.5) is 0 Å². The number of rotatable bonds is 5. The molecule has 0 saturated carbocycles. The van der Waals surface area contributed by atoms with Crippen LogP contribution in [-0.2, 0) is 0 Å². The molecular formula is C15H16ClNOS. The summed E-state index contributed by atoms with van der Waals surface area (Å²) in [5.41, 5.74) is 1.21. The second kappa shape index (κ2) is 6.83. The van der Waals surface area contributed by atoms with Crippen LogP contribution in [0, 0.1) is 5.21 Å². The molecule has 2 aromatic rings. The van der Waals surface area contributed by atoms with Crippen LogP contribution in [0.2, 0.25) is 5.02 Å². The first-order chi connectivity index (χ1) is 9.20. The fraction of sp³-hybridized carbons (Fsp3) is 0.267. The molecule has 1 unspecified atom stereocenters. The van der Waals surface area contributed by atoms with Crippen molar-refractivity contribution < 1.29 is 4.73 Å². The summed E-state index contributed by atoms with van der Waals surface area (Å²) in [5, 5.41) is 13.5. The van der Waals surface area contributed by atoms with E-state index in [0.29, 0.717) is 0 Å². The van der Waals surface area contributed by atoms with Crippen LogP contribution in [-0.4, -0.2) is 0 Å². The summed E-state index contributed by atoms with van der Waals surface area (Å²) in [6.45, 7) is 2.15. The fourth-order valence-corrected chi connectivity index (χ4v) is 3.27. The summed E-state index contributed by atoms with van der Waals surface area (Å²) in [4.78, 5) is 0. The van der Waals surface area contributed by atoms with Crippen molar-refractivity contribution in [2.24, 2.45) is 0 Å². The number of pyridine rings is 1. The minimum absolute atomic E-state index is 0.282. The normalized spacial score (nSPS) is 12.3. The molecule has 2 nitrogen and oxygen atoms in total. The van der Waals surface area contributed by atoms with E-state index >= 15 is 0 Å². The molecule has 0 N–H and O–H groups in total. The van der Waals surface area contributed by atoms with Gasteiger partial charge in [-0.3, -0.25) is 0 Å². The van der Waals surface area contributed by atoms with Gasteiger partial charge in [-0.1, -0.05) is 37.1 Å². The van der Waals surface area contributed by atoms with Crippen LogP contribution in [0.15, 0.2) is 53.7 Å². The molecule has 0 saturated heterocycles. The molecule has 2 rings (SSSR count). The summed E-state index contributed by atoms with van der Waals surface area (Å²) in [7, 11) is 0. The van der Waals surface area contributed by atoms with E-state index in [-0.39, 0.29) is 5.25 Å². The van der Waals surface area contributed by atoms with Crippen molar-refractivity contribution in [3.05, 3.63) is 64.5 Å². The Labute approximate surface area is 123 Å². The Morgan fingerprint density at radius 2 is 1.95 bits per heavy atom. The smallest absolute Gasteiger partial charge is 0.251 e. The number of aromatic nitrogens is 1. The highest BCUT2D eigenvalue weighted by Crippen LogP contribution is 2.37. The van der Waals surface area contributed by atoms with E-state index in [9.17, 15) is 5.21 Å². The quantitative estimate of drug-likeness (QED) is 0.457. The lowest BCUT2D eigenvalue weighted by atomic mass is 10.1. The zero-order chi connectivity index (χ0) is 13.7. The number of thioether (sulfide) groups is 1. The largest absolute Gasteiger partial charge is 0.618 e. The summed E-state index contributed by atoms with van der Waals surface area (Å²) < 4.78 is 0.920. The van der Waals surface area contributed by atoms with Crippen molar-refractivity contribution in [2.45, 2.75) is 30.0 Å². The highest BCUT2D eigenvalue weighted by atomic mass is 35.5. The van der Waals surface area contributed by atoms with Gasteiger partial charge in [-0.15, -0.1) is 0 Å². The van der Waals surface area contributed by atoms with Gasteiger partial charge >= 0.3 is 0 Å². The van der Waals surface area contributed by atoms with Crippen molar-refractivity contribution in [2.75, 3.05) is 0 Å². The van der Waals surface area contributed by atoms with Crippen molar-refractivity contribution in [3.63, 3.8) is 0 Å². The first kappa shape index (κ1) is 14.2. The molecule has 0 fully saturated rings. The van der Waals surface area contributed by atoms with Crippen molar-refractivity contribution in [3.8, 4) is 0 Å². The van der Waals surface area contributed by atoms with Crippen LogP contribution in [0.3, 0.4) is 0 Å². The standard InChI is InChI=1S/C15H16ClNOS/c1-2-5-14(12-7-9-13(16)10-8-12)19-15-6-3-4-11-17(15)18/h3-4,6-11,14H,2,5H2,1H3. The molecular weight excluding hydrogens is 278 g/mol. The lowest BCUT2D eigenvalue weighted by molar-refractivity contribution is -0.645. The molecule has 0 amide bonds. The van der Waals surface area contributed by atoms with Crippen molar-refractivity contribution in [1.82, 2.24) is 0 Å². The molecule has 0 aliphatic carbocycles. The number of halogens is 1. The van der Waals surface area contributed by atoms with Gasteiger partial charge in [0, 0.05) is 22.4 Å². The predicted molar refractivity (Wildman–Crippen MR) is 80.4 cm³/mol. The third-order valence-electron chi connectivity index (χ3n) is 2.84. The molecule has 1 atom stereocenters. The van der Waals surface area contributed by atoms with Gasteiger partial charge < -0.3 is 5.21 Å². The second-order valence-corrected chi connectivity index (χ2v) is 5.97. The average molecular weight is 294 g/mol. The summed E-state index contributed by atoms with van der Waals surface area (Å²) in [6.07, 6.45) is 3.64. The Kier molecular flexibility index (Phi) is 5.11. The number of hydrogen-bond donors (Lipinski definition) is 0. The maximum atomic E-state index is 11.7. The zero-order valence-corrected chi connectivity index (χ0v) is 12.3. The summed E-state index contributed by atoms with van der Waals surface area (Å²) in [5.74, 6) is 0. The SMILES string of the molecule is CCCC(Sc1cccc[n+]1[O-])c1ccc(Cl)cc1. The molecule has 1 aromatic carbocycles. The average Bonchev–Trinajstić information content (AvgIpc) is 2.42. The number of hydrogen-bond acceptors (Lipinski definition) is 2. The number of benzene rings is 1. The van der Waals surface area contributed by atoms with E-state index in [1.54, 1.807) is 17.8 Å². The zero-order valence-electron chi connectivity index (χ0n) is 10.8. The van der Waals surface area contributed by atoms with E-state index in [1.807, 2.05) is 36.4 Å². The van der Waals surface area contributed by atoms with Crippen LogP contribution < -0.4 is 4.73 Å². The third-order valence-corrected chi connectivity index (χ3v) is 4.45. The highest BCUT2D eigenvalue weighted by Gasteiger charge is 2.16. The van der Waals surface area contributed by atoms with Gasteiger partial charge in [0.15, 0.2) is 6.20 Å². The Bertz CT molecular complexity index is 530. The molecule has 0 aliphatic heterocycles. The maximum absolute atomic E-state index is 11.7. The Balaban J connectivity index is 2.21. The van der Waals surface area contributed by atoms with Gasteiger partial charge in [0.05, 0.1) is 0 Å². The van der Waals surface area contributed by atoms with Crippen molar-refractivity contribution in [1.29, 1.82) is 0 Å². The lowest BCUT2D eigenvalue weighted by Gasteiger charge is -2.15. The molecule has 0 aliphatic rings. The monoisotopic (exact) mass is 293 g/mol. The summed E-state index contributed by atoms with van der Waals surface area (Å²) in [6, 6.07) is 13.4. The first-order valence-corrected chi connectivity index (χ1v) is 7.56. The van der Waals surface area contributed by atoms with Gasteiger partial charge in [-0.05, 0) is 41.9 Å². The Morgan fingerprint density at radius 3 is 2.58 bits per heavy atom. The maximum Gasteiger partial charge on any atom is 0.251 e. The van der Waals surface area contributed by atoms with Gasteiger partial charge in [0.25, 0.3) is 5.03 Å². The van der Waals surface area contributed by atoms with Crippen LogP contribution in [0.25, 0.3) is 0 Å². The van der Waals surface area contributed by atoms with Gasteiger partial charge in [0.1, 0.15) is 0 Å². The molecule has 0 radical (unpaired) electrons. The van der Waals surface area contributed by atoms with E-state index in [4.69, 9.17) is 11.6 Å². The van der Waals surface area contributed by atoms with Crippen LogP contribution in [0.5, 0.6) is 0 Å². The summed E-state index contributed by atoms with van der Waals surface area (Å²) >= 11 is 7.52.